The van der Waals surface area contributed by atoms with Gasteiger partial charge in [-0.2, -0.15) is 11.3 Å². The zero-order valence-electron chi connectivity index (χ0n) is 10.4. The molecule has 3 nitrogen and oxygen atoms in total. The highest BCUT2D eigenvalue weighted by molar-refractivity contribution is 7.08. The predicted molar refractivity (Wildman–Crippen MR) is 72.6 cm³/mol. The SMILES string of the molecule is Cc1cscc1-c1nc2c(c(C3CC3)n1)CNC2. The molecule has 2 aromatic rings. The van der Waals surface area contributed by atoms with Crippen molar-refractivity contribution in [3.8, 4) is 11.4 Å². The third-order valence-corrected chi connectivity index (χ3v) is 4.64. The minimum absolute atomic E-state index is 0.694. The van der Waals surface area contributed by atoms with Gasteiger partial charge in [0.25, 0.3) is 0 Å². The lowest BCUT2D eigenvalue weighted by molar-refractivity contribution is 0.755. The zero-order valence-corrected chi connectivity index (χ0v) is 11.2. The number of fused-ring (bicyclic) bond motifs is 1. The number of nitrogens with one attached hydrogen (secondary N) is 1. The molecule has 2 aliphatic rings. The number of nitrogens with zero attached hydrogens (tertiary/aromatic N) is 2. The molecule has 0 unspecified atom stereocenters. The molecule has 4 rings (SSSR count). The van der Waals surface area contributed by atoms with Crippen molar-refractivity contribution in [2.24, 2.45) is 0 Å². The number of thiophene rings is 1. The van der Waals surface area contributed by atoms with E-state index < -0.39 is 0 Å². The van der Waals surface area contributed by atoms with E-state index in [0.717, 1.165) is 18.9 Å². The standard InChI is InChI=1S/C14H15N3S/c1-8-6-18-7-11(8)14-16-12-5-15-4-10(12)13(17-14)9-2-3-9/h6-7,9,15H,2-5H2,1H3. The van der Waals surface area contributed by atoms with Gasteiger partial charge in [-0.25, -0.2) is 9.97 Å². The van der Waals surface area contributed by atoms with Crippen LogP contribution in [0.15, 0.2) is 10.8 Å². The summed E-state index contributed by atoms with van der Waals surface area (Å²) in [6, 6.07) is 0. The monoisotopic (exact) mass is 257 g/mol. The molecule has 1 fully saturated rings. The second-order valence-electron chi connectivity index (χ2n) is 5.20. The molecule has 3 heterocycles. The lowest BCUT2D eigenvalue weighted by atomic mass is 10.1. The summed E-state index contributed by atoms with van der Waals surface area (Å²) in [6.07, 6.45) is 2.59. The van der Waals surface area contributed by atoms with Crippen LogP contribution in [0.2, 0.25) is 0 Å². The zero-order chi connectivity index (χ0) is 12.1. The van der Waals surface area contributed by atoms with Gasteiger partial charge < -0.3 is 5.32 Å². The first-order valence-corrected chi connectivity index (χ1v) is 7.41. The summed E-state index contributed by atoms with van der Waals surface area (Å²) in [5, 5.41) is 7.73. The third kappa shape index (κ3) is 1.60. The van der Waals surface area contributed by atoms with E-state index in [2.05, 4.69) is 23.0 Å². The molecule has 1 aliphatic carbocycles. The fourth-order valence-corrected chi connectivity index (χ4v) is 3.43. The van der Waals surface area contributed by atoms with Crippen molar-refractivity contribution >= 4 is 11.3 Å². The summed E-state index contributed by atoms with van der Waals surface area (Å²) >= 11 is 1.73. The normalized spacial score (nSPS) is 18.1. The van der Waals surface area contributed by atoms with Crippen molar-refractivity contribution in [2.75, 3.05) is 0 Å². The Labute approximate surface area is 110 Å². The molecule has 1 aliphatic heterocycles. The summed E-state index contributed by atoms with van der Waals surface area (Å²) in [5.74, 6) is 1.62. The van der Waals surface area contributed by atoms with Gasteiger partial charge in [0.1, 0.15) is 0 Å². The van der Waals surface area contributed by atoms with E-state index in [1.807, 2.05) is 0 Å². The molecule has 0 radical (unpaired) electrons. The molecule has 0 saturated heterocycles. The highest BCUT2D eigenvalue weighted by Gasteiger charge is 2.31. The summed E-state index contributed by atoms with van der Waals surface area (Å²) in [5.41, 5.74) is 6.39. The fraction of sp³-hybridized carbons (Fsp3) is 0.429. The van der Waals surface area contributed by atoms with Crippen LogP contribution in [-0.2, 0) is 13.1 Å². The maximum Gasteiger partial charge on any atom is 0.160 e. The molecule has 0 bridgehead atoms. The average molecular weight is 257 g/mol. The molecule has 4 heteroatoms. The van der Waals surface area contributed by atoms with Gasteiger partial charge in [0, 0.05) is 35.5 Å². The van der Waals surface area contributed by atoms with E-state index in [9.17, 15) is 0 Å². The molecule has 0 amide bonds. The molecule has 0 atom stereocenters. The number of hydrogen-bond acceptors (Lipinski definition) is 4. The summed E-state index contributed by atoms with van der Waals surface area (Å²) < 4.78 is 0. The Hall–Kier alpha value is -1.26. The largest absolute Gasteiger partial charge is 0.307 e. The second kappa shape index (κ2) is 3.87. The van der Waals surface area contributed by atoms with Gasteiger partial charge in [0.2, 0.25) is 0 Å². The molecule has 2 aromatic heterocycles. The van der Waals surface area contributed by atoms with E-state index in [1.165, 1.54) is 40.9 Å². The quantitative estimate of drug-likeness (QED) is 0.898. The Bertz CT molecular complexity index is 613. The fourth-order valence-electron chi connectivity index (χ4n) is 2.60. The molecular weight excluding hydrogens is 242 g/mol. The van der Waals surface area contributed by atoms with Gasteiger partial charge >= 0.3 is 0 Å². The summed E-state index contributed by atoms with van der Waals surface area (Å²) in [4.78, 5) is 9.63. The van der Waals surface area contributed by atoms with E-state index in [1.54, 1.807) is 11.3 Å². The maximum absolute atomic E-state index is 4.87. The Kier molecular flexibility index (Phi) is 2.29. The average Bonchev–Trinajstić information content (AvgIpc) is 2.95. The first-order valence-electron chi connectivity index (χ1n) is 6.46. The Morgan fingerprint density at radius 1 is 1.22 bits per heavy atom. The van der Waals surface area contributed by atoms with Crippen molar-refractivity contribution in [3.63, 3.8) is 0 Å². The molecule has 0 spiro atoms. The second-order valence-corrected chi connectivity index (χ2v) is 5.95. The van der Waals surface area contributed by atoms with Crippen LogP contribution >= 0.6 is 11.3 Å². The molecule has 18 heavy (non-hydrogen) atoms. The highest BCUT2D eigenvalue weighted by Crippen LogP contribution is 2.42. The van der Waals surface area contributed by atoms with E-state index in [4.69, 9.17) is 9.97 Å². The smallest absolute Gasteiger partial charge is 0.160 e. The minimum Gasteiger partial charge on any atom is -0.307 e. The van der Waals surface area contributed by atoms with E-state index in [0.29, 0.717) is 5.92 Å². The van der Waals surface area contributed by atoms with Crippen LogP contribution in [0, 0.1) is 6.92 Å². The number of aromatic nitrogens is 2. The van der Waals surface area contributed by atoms with E-state index in [-0.39, 0.29) is 0 Å². The third-order valence-electron chi connectivity index (χ3n) is 3.78. The van der Waals surface area contributed by atoms with Crippen LogP contribution in [-0.4, -0.2) is 9.97 Å². The van der Waals surface area contributed by atoms with Crippen molar-refractivity contribution in [1.82, 2.24) is 15.3 Å². The van der Waals surface area contributed by atoms with Crippen molar-refractivity contribution < 1.29 is 0 Å². The lowest BCUT2D eigenvalue weighted by Crippen LogP contribution is -2.02. The van der Waals surface area contributed by atoms with Crippen LogP contribution in [0.25, 0.3) is 11.4 Å². The van der Waals surface area contributed by atoms with Gasteiger partial charge in [-0.3, -0.25) is 0 Å². The molecule has 1 N–H and O–H groups in total. The van der Waals surface area contributed by atoms with Crippen LogP contribution in [0.3, 0.4) is 0 Å². The van der Waals surface area contributed by atoms with Crippen LogP contribution in [0.1, 0.15) is 41.3 Å². The van der Waals surface area contributed by atoms with Crippen molar-refractivity contribution in [3.05, 3.63) is 33.3 Å². The maximum atomic E-state index is 4.87. The van der Waals surface area contributed by atoms with Crippen molar-refractivity contribution in [1.29, 1.82) is 0 Å². The molecule has 0 aromatic carbocycles. The van der Waals surface area contributed by atoms with Gasteiger partial charge in [0.15, 0.2) is 5.82 Å². The Balaban J connectivity index is 1.90. The first kappa shape index (κ1) is 10.6. The highest BCUT2D eigenvalue weighted by atomic mass is 32.1. The van der Waals surface area contributed by atoms with Gasteiger partial charge in [-0.1, -0.05) is 0 Å². The Morgan fingerprint density at radius 2 is 2.11 bits per heavy atom. The number of hydrogen-bond donors (Lipinski definition) is 1. The van der Waals surface area contributed by atoms with Crippen LogP contribution in [0.5, 0.6) is 0 Å². The van der Waals surface area contributed by atoms with Gasteiger partial charge in [-0.15, -0.1) is 0 Å². The summed E-state index contributed by atoms with van der Waals surface area (Å²) in [7, 11) is 0. The number of rotatable bonds is 2. The van der Waals surface area contributed by atoms with Gasteiger partial charge in [0.05, 0.1) is 11.4 Å². The van der Waals surface area contributed by atoms with Crippen LogP contribution in [0.4, 0.5) is 0 Å². The first-order chi connectivity index (χ1) is 8.83. The van der Waals surface area contributed by atoms with Crippen molar-refractivity contribution in [2.45, 2.75) is 38.8 Å². The van der Waals surface area contributed by atoms with Crippen LogP contribution < -0.4 is 5.32 Å². The number of aryl methyl sites for hydroxylation is 1. The summed E-state index contributed by atoms with van der Waals surface area (Å²) in [6.45, 7) is 3.98. The predicted octanol–water partition coefficient (Wildman–Crippen LogP) is 2.99. The van der Waals surface area contributed by atoms with Gasteiger partial charge in [-0.05, 0) is 30.7 Å². The lowest BCUT2D eigenvalue weighted by Gasteiger charge is -2.08. The molecule has 92 valence electrons. The molecular formula is C14H15N3S. The topological polar surface area (TPSA) is 37.8 Å². The molecule has 1 saturated carbocycles. The Morgan fingerprint density at radius 3 is 2.83 bits per heavy atom. The minimum atomic E-state index is 0.694. The van der Waals surface area contributed by atoms with E-state index >= 15 is 0 Å².